The van der Waals surface area contributed by atoms with Crippen LogP contribution in [0.15, 0.2) is 98.1 Å². The molecule has 3 heterocycles. The summed E-state index contributed by atoms with van der Waals surface area (Å²) < 4.78 is 9.55. The Labute approximate surface area is 193 Å². The van der Waals surface area contributed by atoms with Crippen molar-refractivity contribution in [2.75, 3.05) is 24.6 Å². The normalized spacial score (nSPS) is 20.1. The van der Waals surface area contributed by atoms with E-state index in [4.69, 9.17) is 0 Å². The Hall–Kier alpha value is -2.28. The molecule has 4 bridgehead atoms. The van der Waals surface area contributed by atoms with Gasteiger partial charge in [-0.05, 0) is 10.6 Å². The Morgan fingerprint density at radius 1 is 0.562 bits per heavy atom. The molecule has 0 spiro atoms. The fourth-order valence-electron chi connectivity index (χ4n) is 4.37. The van der Waals surface area contributed by atoms with Crippen LogP contribution >= 0.6 is 15.8 Å². The second-order valence-electron chi connectivity index (χ2n) is 8.42. The smallest absolute Gasteiger partial charge is 0.236 e. The van der Waals surface area contributed by atoms with Crippen molar-refractivity contribution in [3.8, 4) is 0 Å². The summed E-state index contributed by atoms with van der Waals surface area (Å²) in [7, 11) is -0.355. The zero-order valence-electron chi connectivity index (χ0n) is 18.6. The Kier molecular flexibility index (Phi) is 7.11. The molecule has 0 N–H and O–H groups in total. The molecule has 0 amide bonds. The molecule has 2 aromatic heterocycles. The number of imidazole rings is 2. The number of fused-ring (bicyclic) bond motifs is 4. The van der Waals surface area contributed by atoms with Crippen molar-refractivity contribution in [2.24, 2.45) is 0 Å². The first-order chi connectivity index (χ1) is 15.8. The number of nitrogens with zero attached hydrogens (tertiary/aromatic N) is 4. The third kappa shape index (κ3) is 5.55. The Morgan fingerprint density at radius 2 is 1.00 bits per heavy atom. The van der Waals surface area contributed by atoms with Crippen molar-refractivity contribution in [1.29, 1.82) is 0 Å². The van der Waals surface area contributed by atoms with Crippen LogP contribution in [0.4, 0.5) is 0 Å². The molecule has 0 fully saturated rings. The lowest BCUT2D eigenvalue weighted by molar-refractivity contribution is -0.693. The fourth-order valence-corrected chi connectivity index (χ4v) is 8.93. The van der Waals surface area contributed by atoms with Gasteiger partial charge >= 0.3 is 0 Å². The van der Waals surface area contributed by atoms with Crippen LogP contribution in [0.3, 0.4) is 0 Å². The monoisotopic (exact) mass is 462 g/mol. The van der Waals surface area contributed by atoms with Crippen molar-refractivity contribution in [3.05, 3.63) is 98.1 Å². The SMILES string of the molecule is c1ccc(P2CCn3cc[n+](c3)CCP(c3ccccc3)CC[n+]3ccn(c3)CC2)cc1. The number of hydrogen-bond acceptors (Lipinski definition) is 0. The number of hydrogen-bond donors (Lipinski definition) is 0. The van der Waals surface area contributed by atoms with Crippen LogP contribution in [-0.4, -0.2) is 33.8 Å². The molecule has 0 aliphatic carbocycles. The summed E-state index contributed by atoms with van der Waals surface area (Å²) in [4.78, 5) is 0. The minimum Gasteiger partial charge on any atom is -0.236 e. The highest BCUT2D eigenvalue weighted by Gasteiger charge is 2.18. The average Bonchev–Trinajstić information content (AvgIpc) is 3.49. The van der Waals surface area contributed by atoms with Gasteiger partial charge in [-0.2, -0.15) is 0 Å². The summed E-state index contributed by atoms with van der Waals surface area (Å²) in [5.41, 5.74) is 0. The van der Waals surface area contributed by atoms with E-state index < -0.39 is 0 Å². The van der Waals surface area contributed by atoms with Gasteiger partial charge in [-0.25, -0.2) is 18.3 Å². The van der Waals surface area contributed by atoms with E-state index in [1.54, 1.807) is 0 Å². The van der Waals surface area contributed by atoms with Gasteiger partial charge in [-0.1, -0.05) is 76.5 Å². The van der Waals surface area contributed by atoms with Gasteiger partial charge in [-0.15, -0.1) is 0 Å². The van der Waals surface area contributed by atoms with Crippen molar-refractivity contribution < 1.29 is 9.13 Å². The van der Waals surface area contributed by atoms with Crippen molar-refractivity contribution >= 4 is 26.5 Å². The molecule has 1 aliphatic rings. The van der Waals surface area contributed by atoms with Gasteiger partial charge in [0.2, 0.25) is 12.7 Å². The average molecular weight is 463 g/mol. The maximum absolute atomic E-state index is 2.39. The first-order valence-electron chi connectivity index (χ1n) is 11.5. The molecule has 6 heteroatoms. The lowest BCUT2D eigenvalue weighted by Crippen LogP contribution is -2.36. The van der Waals surface area contributed by atoms with E-state index in [-0.39, 0.29) is 15.8 Å². The number of benzene rings is 2. The summed E-state index contributed by atoms with van der Waals surface area (Å²) in [5.74, 6) is 0. The molecular weight excluding hydrogens is 430 g/mol. The van der Waals surface area contributed by atoms with Crippen LogP contribution in [0.25, 0.3) is 0 Å². The van der Waals surface area contributed by atoms with E-state index in [1.165, 1.54) is 35.3 Å². The molecule has 1 aliphatic heterocycles. The number of rotatable bonds is 2. The number of aromatic nitrogens is 4. The molecule has 0 saturated carbocycles. The zero-order valence-corrected chi connectivity index (χ0v) is 20.4. The summed E-state index contributed by atoms with van der Waals surface area (Å²) in [5, 5.41) is 3.05. The summed E-state index contributed by atoms with van der Waals surface area (Å²) in [6.07, 6.45) is 18.6. The lowest BCUT2D eigenvalue weighted by atomic mass is 10.4. The minimum atomic E-state index is -0.177. The topological polar surface area (TPSA) is 17.6 Å². The van der Waals surface area contributed by atoms with Gasteiger partial charge < -0.3 is 0 Å². The summed E-state index contributed by atoms with van der Waals surface area (Å²) >= 11 is 0. The number of aryl methyl sites for hydroxylation is 4. The minimum absolute atomic E-state index is 0.177. The summed E-state index contributed by atoms with van der Waals surface area (Å²) in [6.45, 7) is 4.36. The van der Waals surface area contributed by atoms with E-state index in [0.717, 1.165) is 26.2 Å². The van der Waals surface area contributed by atoms with E-state index in [9.17, 15) is 0 Å². The van der Waals surface area contributed by atoms with Crippen molar-refractivity contribution in [1.82, 2.24) is 9.13 Å². The molecule has 4 aromatic rings. The molecule has 5 rings (SSSR count). The first kappa shape index (κ1) is 21.6. The third-order valence-electron chi connectivity index (χ3n) is 6.25. The van der Waals surface area contributed by atoms with Crippen LogP contribution in [0.5, 0.6) is 0 Å². The maximum Gasteiger partial charge on any atom is 0.243 e. The predicted octanol–water partition coefficient (Wildman–Crippen LogP) is 3.19. The molecule has 4 nitrogen and oxygen atoms in total. The lowest BCUT2D eigenvalue weighted by Gasteiger charge is -2.17. The van der Waals surface area contributed by atoms with E-state index in [0.29, 0.717) is 0 Å². The maximum atomic E-state index is 2.39. The van der Waals surface area contributed by atoms with Gasteiger partial charge in [0.05, 0.1) is 26.2 Å². The second kappa shape index (κ2) is 10.6. The van der Waals surface area contributed by atoms with Gasteiger partial charge in [0.15, 0.2) is 0 Å². The van der Waals surface area contributed by atoms with Crippen LogP contribution in [0, 0.1) is 0 Å². The van der Waals surface area contributed by atoms with Gasteiger partial charge in [-0.3, -0.25) is 0 Å². The highest BCUT2D eigenvalue weighted by atomic mass is 31.1. The van der Waals surface area contributed by atoms with Crippen LogP contribution < -0.4 is 19.7 Å². The van der Waals surface area contributed by atoms with Crippen LogP contribution in [-0.2, 0) is 26.2 Å². The largest absolute Gasteiger partial charge is 0.243 e. The molecule has 164 valence electrons. The molecule has 0 unspecified atom stereocenters. The van der Waals surface area contributed by atoms with E-state index >= 15 is 0 Å². The first-order valence-corrected chi connectivity index (χ1v) is 15.0. The van der Waals surface area contributed by atoms with E-state index in [1.807, 2.05) is 0 Å². The Bertz CT molecular complexity index is 972. The van der Waals surface area contributed by atoms with Gasteiger partial charge in [0.1, 0.15) is 24.8 Å². The van der Waals surface area contributed by atoms with Crippen molar-refractivity contribution in [3.63, 3.8) is 0 Å². The Morgan fingerprint density at radius 3 is 1.47 bits per heavy atom. The van der Waals surface area contributed by atoms with Crippen molar-refractivity contribution in [2.45, 2.75) is 26.2 Å². The zero-order chi connectivity index (χ0) is 21.6. The van der Waals surface area contributed by atoms with Crippen LogP contribution in [0.1, 0.15) is 0 Å². The molecule has 2 aromatic carbocycles. The molecule has 0 atom stereocenters. The Balaban J connectivity index is 1.38. The summed E-state index contributed by atoms with van der Waals surface area (Å²) in [6, 6.07) is 22.3. The predicted molar refractivity (Wildman–Crippen MR) is 135 cm³/mol. The van der Waals surface area contributed by atoms with Crippen LogP contribution in [0.2, 0.25) is 0 Å². The molecular formula is C26H32N4P2+2. The third-order valence-corrected chi connectivity index (χ3v) is 11.3. The quantitative estimate of drug-likeness (QED) is 0.322. The fraction of sp³-hybridized carbons (Fsp3) is 0.308. The highest BCUT2D eigenvalue weighted by Crippen LogP contribution is 2.35. The highest BCUT2D eigenvalue weighted by molar-refractivity contribution is 7.65. The molecule has 0 saturated heterocycles. The van der Waals surface area contributed by atoms with E-state index in [2.05, 4.69) is 116 Å². The molecule has 32 heavy (non-hydrogen) atoms. The van der Waals surface area contributed by atoms with Gasteiger partial charge in [0, 0.05) is 24.6 Å². The van der Waals surface area contributed by atoms with Gasteiger partial charge in [0.25, 0.3) is 0 Å². The standard InChI is InChI=1S/C26H32N4P2/c1-3-7-25(8-4-1)31-19-15-27-11-13-29(23-27)17-21-32(26-9-5-2-6-10-26)22-18-30-14-12-28(24-30)16-20-31/h1-14,23-24H,15-22H2/q+2. The molecule has 0 radical (unpaired) electrons. The second-order valence-corrected chi connectivity index (χ2v) is 13.4.